The van der Waals surface area contributed by atoms with E-state index in [9.17, 15) is 9.50 Å². The molecule has 1 atom stereocenters. The Kier molecular flexibility index (Phi) is 6.30. The van der Waals surface area contributed by atoms with Crippen LogP contribution >= 0.6 is 0 Å². The number of aliphatic hydroxyl groups excluding tert-OH is 1. The highest BCUT2D eigenvalue weighted by Crippen LogP contribution is 2.18. The molecule has 0 bridgehead atoms. The second-order valence-electron chi connectivity index (χ2n) is 4.81. The zero-order valence-electron chi connectivity index (χ0n) is 11.6. The van der Waals surface area contributed by atoms with Crippen LogP contribution < -0.4 is 0 Å². The van der Waals surface area contributed by atoms with Gasteiger partial charge >= 0.3 is 0 Å². The van der Waals surface area contributed by atoms with Gasteiger partial charge in [-0.05, 0) is 44.0 Å². The fraction of sp³-hybridized carbons (Fsp3) is 0.600. The molecule has 0 amide bonds. The molecule has 1 aromatic carbocycles. The molecule has 0 saturated carbocycles. The van der Waals surface area contributed by atoms with Gasteiger partial charge in [-0.15, -0.1) is 0 Å². The summed E-state index contributed by atoms with van der Waals surface area (Å²) in [6, 6.07) is 6.66. The quantitative estimate of drug-likeness (QED) is 0.805. The molecule has 1 unspecified atom stereocenters. The van der Waals surface area contributed by atoms with Crippen molar-refractivity contribution in [3.05, 3.63) is 35.6 Å². The molecule has 0 aliphatic rings. The highest BCUT2D eigenvalue weighted by atomic mass is 19.1. The lowest BCUT2D eigenvalue weighted by molar-refractivity contribution is 0.134. The highest BCUT2D eigenvalue weighted by molar-refractivity contribution is 5.18. The molecule has 0 saturated heterocycles. The van der Waals surface area contributed by atoms with Crippen molar-refractivity contribution >= 4 is 0 Å². The second kappa shape index (κ2) is 7.49. The molecule has 0 aliphatic carbocycles. The summed E-state index contributed by atoms with van der Waals surface area (Å²) in [7, 11) is 2.09. The third kappa shape index (κ3) is 4.39. The molecule has 102 valence electrons. The van der Waals surface area contributed by atoms with E-state index in [1.54, 1.807) is 12.1 Å². The lowest BCUT2D eigenvalue weighted by Crippen LogP contribution is -2.32. The molecular formula is C15H24FNO. The lowest BCUT2D eigenvalue weighted by atomic mass is 10.1. The van der Waals surface area contributed by atoms with E-state index in [2.05, 4.69) is 25.8 Å². The first kappa shape index (κ1) is 15.1. The first-order valence-electron chi connectivity index (χ1n) is 6.72. The van der Waals surface area contributed by atoms with Crippen LogP contribution in [-0.2, 0) is 0 Å². The number of halogens is 1. The van der Waals surface area contributed by atoms with Crippen molar-refractivity contribution in [1.82, 2.24) is 4.90 Å². The average molecular weight is 253 g/mol. The minimum Gasteiger partial charge on any atom is -0.388 e. The Bertz CT molecular complexity index is 335. The van der Waals surface area contributed by atoms with Gasteiger partial charge in [0.25, 0.3) is 0 Å². The fourth-order valence-corrected chi connectivity index (χ4v) is 2.27. The topological polar surface area (TPSA) is 23.5 Å². The predicted octanol–water partition coefficient (Wildman–Crippen LogP) is 3.37. The van der Waals surface area contributed by atoms with Gasteiger partial charge in [0, 0.05) is 12.6 Å². The van der Waals surface area contributed by atoms with Crippen molar-refractivity contribution in [3.8, 4) is 0 Å². The van der Waals surface area contributed by atoms with Crippen LogP contribution in [0.5, 0.6) is 0 Å². The number of hydrogen-bond donors (Lipinski definition) is 1. The zero-order valence-corrected chi connectivity index (χ0v) is 11.6. The Balaban J connectivity index is 2.45. The first-order valence-corrected chi connectivity index (χ1v) is 6.72. The Labute approximate surface area is 109 Å². The van der Waals surface area contributed by atoms with Crippen molar-refractivity contribution in [2.45, 2.75) is 45.3 Å². The summed E-state index contributed by atoms with van der Waals surface area (Å²) in [6.45, 7) is 5.22. The third-order valence-corrected chi connectivity index (χ3v) is 3.58. The summed E-state index contributed by atoms with van der Waals surface area (Å²) >= 11 is 0. The van der Waals surface area contributed by atoms with E-state index in [0.29, 0.717) is 12.5 Å². The maximum Gasteiger partial charge on any atom is 0.123 e. The lowest BCUT2D eigenvalue weighted by Gasteiger charge is -2.27. The molecule has 3 heteroatoms. The van der Waals surface area contributed by atoms with Crippen LogP contribution in [0.1, 0.15) is 44.8 Å². The van der Waals surface area contributed by atoms with Gasteiger partial charge in [-0.3, -0.25) is 0 Å². The van der Waals surface area contributed by atoms with Crippen LogP contribution in [0, 0.1) is 5.82 Å². The molecule has 0 heterocycles. The van der Waals surface area contributed by atoms with Gasteiger partial charge < -0.3 is 10.0 Å². The summed E-state index contributed by atoms with van der Waals surface area (Å²) < 4.78 is 12.8. The van der Waals surface area contributed by atoms with Gasteiger partial charge in [0.05, 0.1) is 6.10 Å². The van der Waals surface area contributed by atoms with E-state index in [-0.39, 0.29) is 5.82 Å². The maximum atomic E-state index is 12.8. The third-order valence-electron chi connectivity index (χ3n) is 3.58. The number of rotatable bonds is 7. The van der Waals surface area contributed by atoms with Crippen LogP contribution in [0.4, 0.5) is 4.39 Å². The maximum absolute atomic E-state index is 12.8. The summed E-state index contributed by atoms with van der Waals surface area (Å²) in [5.74, 6) is -0.264. The number of benzene rings is 1. The summed E-state index contributed by atoms with van der Waals surface area (Å²) in [5, 5.41) is 10.0. The van der Waals surface area contributed by atoms with Crippen molar-refractivity contribution in [2.24, 2.45) is 0 Å². The molecule has 0 spiro atoms. The van der Waals surface area contributed by atoms with E-state index in [4.69, 9.17) is 0 Å². The summed E-state index contributed by atoms with van der Waals surface area (Å²) in [6.07, 6.45) is 2.42. The SMILES string of the molecule is CCC(CC)N(C)CCC(O)c1ccc(F)cc1. The predicted molar refractivity (Wildman–Crippen MR) is 73.0 cm³/mol. The average Bonchev–Trinajstić information content (AvgIpc) is 2.38. The van der Waals surface area contributed by atoms with Gasteiger partial charge in [0.1, 0.15) is 5.82 Å². The Morgan fingerprint density at radius 1 is 1.17 bits per heavy atom. The molecule has 0 radical (unpaired) electrons. The van der Waals surface area contributed by atoms with E-state index < -0.39 is 6.10 Å². The van der Waals surface area contributed by atoms with E-state index in [0.717, 1.165) is 24.9 Å². The van der Waals surface area contributed by atoms with E-state index in [1.807, 2.05) is 0 Å². The summed E-state index contributed by atoms with van der Waals surface area (Å²) in [4.78, 5) is 2.28. The van der Waals surface area contributed by atoms with Crippen LogP contribution in [0.2, 0.25) is 0 Å². The Morgan fingerprint density at radius 2 is 1.72 bits per heavy atom. The van der Waals surface area contributed by atoms with Crippen molar-refractivity contribution in [1.29, 1.82) is 0 Å². The molecule has 1 N–H and O–H groups in total. The standard InChI is InChI=1S/C15H24FNO/c1-4-14(5-2)17(3)11-10-15(18)12-6-8-13(16)9-7-12/h6-9,14-15,18H,4-5,10-11H2,1-3H3. The molecule has 18 heavy (non-hydrogen) atoms. The van der Waals surface area contributed by atoms with E-state index >= 15 is 0 Å². The molecule has 1 aromatic rings. The van der Waals surface area contributed by atoms with Gasteiger partial charge in [0.15, 0.2) is 0 Å². The Hall–Kier alpha value is -0.930. The summed E-state index contributed by atoms with van der Waals surface area (Å²) in [5.41, 5.74) is 0.786. The number of nitrogens with zero attached hydrogens (tertiary/aromatic N) is 1. The van der Waals surface area contributed by atoms with Gasteiger partial charge in [-0.25, -0.2) is 4.39 Å². The number of aliphatic hydroxyl groups is 1. The molecule has 2 nitrogen and oxygen atoms in total. The number of hydrogen-bond acceptors (Lipinski definition) is 2. The van der Waals surface area contributed by atoms with Gasteiger partial charge in [-0.1, -0.05) is 26.0 Å². The minimum absolute atomic E-state index is 0.264. The normalized spacial score (nSPS) is 13.3. The fourth-order valence-electron chi connectivity index (χ4n) is 2.27. The van der Waals surface area contributed by atoms with Crippen molar-refractivity contribution in [2.75, 3.05) is 13.6 Å². The molecule has 0 fully saturated rings. The smallest absolute Gasteiger partial charge is 0.123 e. The van der Waals surface area contributed by atoms with Crippen molar-refractivity contribution in [3.63, 3.8) is 0 Å². The molecule has 0 aromatic heterocycles. The molecular weight excluding hydrogens is 229 g/mol. The largest absolute Gasteiger partial charge is 0.388 e. The van der Waals surface area contributed by atoms with Gasteiger partial charge in [-0.2, -0.15) is 0 Å². The van der Waals surface area contributed by atoms with E-state index in [1.165, 1.54) is 12.1 Å². The Morgan fingerprint density at radius 3 is 2.22 bits per heavy atom. The van der Waals surface area contributed by atoms with Crippen molar-refractivity contribution < 1.29 is 9.50 Å². The van der Waals surface area contributed by atoms with Gasteiger partial charge in [0.2, 0.25) is 0 Å². The van der Waals surface area contributed by atoms with Crippen LogP contribution in [-0.4, -0.2) is 29.6 Å². The second-order valence-corrected chi connectivity index (χ2v) is 4.81. The first-order chi connectivity index (χ1) is 8.58. The van der Waals surface area contributed by atoms with Crippen LogP contribution in [0.15, 0.2) is 24.3 Å². The molecule has 0 aliphatic heterocycles. The molecule has 1 rings (SSSR count). The van der Waals surface area contributed by atoms with Crippen LogP contribution in [0.3, 0.4) is 0 Å². The van der Waals surface area contributed by atoms with Crippen LogP contribution in [0.25, 0.3) is 0 Å². The monoisotopic (exact) mass is 253 g/mol. The minimum atomic E-state index is -0.512. The zero-order chi connectivity index (χ0) is 13.5. The highest BCUT2D eigenvalue weighted by Gasteiger charge is 2.13.